The summed E-state index contributed by atoms with van der Waals surface area (Å²) in [6.07, 6.45) is 0.0679. The molecule has 86 valence electrons. The number of nitrogens with one attached hydrogen (secondary N) is 3. The molecule has 0 radical (unpaired) electrons. The smallest absolute Gasteiger partial charge is 0.244 e. The molecule has 1 unspecified atom stereocenters. The molecule has 0 aromatic heterocycles. The highest BCUT2D eigenvalue weighted by Gasteiger charge is 2.29. The highest BCUT2D eigenvalue weighted by Crippen LogP contribution is 2.00. The molecule has 1 rings (SSSR count). The van der Waals surface area contributed by atoms with Gasteiger partial charge in [-0.15, -0.1) is 0 Å². The van der Waals surface area contributed by atoms with E-state index >= 15 is 0 Å². The first kappa shape index (κ1) is 12.1. The summed E-state index contributed by atoms with van der Waals surface area (Å²) in [4.78, 5) is 21.8. The molecule has 7 nitrogen and oxygen atoms in total. The lowest BCUT2D eigenvalue weighted by Crippen LogP contribution is -2.39. The van der Waals surface area contributed by atoms with Gasteiger partial charge in [0.2, 0.25) is 21.8 Å². The van der Waals surface area contributed by atoms with E-state index in [9.17, 15) is 18.0 Å². The van der Waals surface area contributed by atoms with Gasteiger partial charge in [0.05, 0.1) is 18.2 Å². The Morgan fingerprint density at radius 1 is 1.47 bits per heavy atom. The number of amides is 2. The molecule has 2 amide bonds. The van der Waals surface area contributed by atoms with Crippen LogP contribution in [0.4, 0.5) is 0 Å². The minimum atomic E-state index is -3.27. The van der Waals surface area contributed by atoms with Crippen LogP contribution < -0.4 is 15.4 Å². The average Bonchev–Trinajstić information content (AvgIpc) is 2.45. The molecule has 1 aliphatic rings. The lowest BCUT2D eigenvalue weighted by atomic mass is 10.2. The Kier molecular flexibility index (Phi) is 3.77. The third-order valence-electron chi connectivity index (χ3n) is 2.04. The zero-order valence-corrected chi connectivity index (χ0v) is 9.06. The Bertz CT molecular complexity index is 364. The molecule has 0 aromatic rings. The van der Waals surface area contributed by atoms with Crippen molar-refractivity contribution in [2.45, 2.75) is 12.5 Å². The van der Waals surface area contributed by atoms with E-state index in [0.717, 1.165) is 0 Å². The molecule has 0 aliphatic carbocycles. The maximum atomic E-state index is 11.1. The van der Waals surface area contributed by atoms with E-state index in [1.807, 2.05) is 0 Å². The van der Waals surface area contributed by atoms with Crippen molar-refractivity contribution in [1.82, 2.24) is 15.4 Å². The summed E-state index contributed by atoms with van der Waals surface area (Å²) in [6, 6.07) is -0.607. The molecule has 0 bridgehead atoms. The number of rotatable bonds is 5. The zero-order valence-electron chi connectivity index (χ0n) is 8.24. The van der Waals surface area contributed by atoms with Crippen LogP contribution >= 0.6 is 0 Å². The molecule has 15 heavy (non-hydrogen) atoms. The van der Waals surface area contributed by atoms with Gasteiger partial charge in [-0.2, -0.15) is 0 Å². The summed E-state index contributed by atoms with van der Waals surface area (Å²) in [5.41, 5.74) is 0. The molecule has 3 N–H and O–H groups in total. The first-order valence-corrected chi connectivity index (χ1v) is 6.08. The van der Waals surface area contributed by atoms with Crippen LogP contribution in [0.25, 0.3) is 0 Å². The lowest BCUT2D eigenvalue weighted by Gasteiger charge is -2.08. The topological polar surface area (TPSA) is 104 Å². The van der Waals surface area contributed by atoms with E-state index in [2.05, 4.69) is 15.4 Å². The second-order valence-corrected chi connectivity index (χ2v) is 5.19. The maximum Gasteiger partial charge on any atom is 0.244 e. The van der Waals surface area contributed by atoms with Gasteiger partial charge in [0.1, 0.15) is 0 Å². The van der Waals surface area contributed by atoms with Gasteiger partial charge in [0.25, 0.3) is 0 Å². The monoisotopic (exact) mass is 235 g/mol. The molecule has 1 saturated heterocycles. The van der Waals surface area contributed by atoms with E-state index in [1.54, 1.807) is 0 Å². The summed E-state index contributed by atoms with van der Waals surface area (Å²) in [5.74, 6) is -0.864. The fourth-order valence-electron chi connectivity index (χ4n) is 1.19. The summed E-state index contributed by atoms with van der Waals surface area (Å²) in [6.45, 7) is 0.133. The summed E-state index contributed by atoms with van der Waals surface area (Å²) in [5, 5.41) is 4.82. The molecule has 8 heteroatoms. The maximum absolute atomic E-state index is 11.1. The van der Waals surface area contributed by atoms with Crippen molar-refractivity contribution in [2.75, 3.05) is 19.3 Å². The van der Waals surface area contributed by atoms with Gasteiger partial charge in [0.15, 0.2) is 0 Å². The van der Waals surface area contributed by atoms with Crippen molar-refractivity contribution < 1.29 is 18.0 Å². The van der Waals surface area contributed by atoms with Crippen molar-refractivity contribution in [3.8, 4) is 0 Å². The van der Waals surface area contributed by atoms with Crippen molar-refractivity contribution >= 4 is 21.8 Å². The Hall–Kier alpha value is -0.990. The second kappa shape index (κ2) is 4.69. The Labute approximate surface area is 87.7 Å². The van der Waals surface area contributed by atoms with E-state index < -0.39 is 22.0 Å². The normalized spacial score (nSPS) is 21.8. The first-order valence-electron chi connectivity index (χ1n) is 4.43. The average molecular weight is 235 g/mol. The molecule has 1 heterocycles. The number of sulfonamides is 1. The summed E-state index contributed by atoms with van der Waals surface area (Å²) >= 11 is 0. The predicted octanol–water partition coefficient (Wildman–Crippen LogP) is -2.46. The number of carbonyl (C=O) groups excluding carboxylic acids is 2. The lowest BCUT2D eigenvalue weighted by molar-refractivity contribution is -0.125. The van der Waals surface area contributed by atoms with E-state index in [0.29, 0.717) is 0 Å². The van der Waals surface area contributed by atoms with Crippen LogP contribution in [0.1, 0.15) is 6.42 Å². The first-order chi connectivity index (χ1) is 6.94. The van der Waals surface area contributed by atoms with Gasteiger partial charge in [-0.05, 0) is 7.05 Å². The largest absolute Gasteiger partial charge is 0.304 e. The molecule has 0 spiro atoms. The third-order valence-corrected chi connectivity index (χ3v) is 3.40. The van der Waals surface area contributed by atoms with Crippen molar-refractivity contribution in [3.63, 3.8) is 0 Å². The SMILES string of the molecule is CNS(=O)(=O)CCNC1CC(=O)NC1=O. The van der Waals surface area contributed by atoms with Crippen LogP contribution in [-0.2, 0) is 19.6 Å². The number of imide groups is 1. The summed E-state index contributed by atoms with van der Waals surface area (Å²) in [7, 11) is -1.95. The van der Waals surface area contributed by atoms with Crippen LogP contribution in [0.15, 0.2) is 0 Å². The van der Waals surface area contributed by atoms with E-state index in [-0.39, 0.29) is 24.6 Å². The van der Waals surface area contributed by atoms with Gasteiger partial charge in [0, 0.05) is 6.54 Å². The van der Waals surface area contributed by atoms with Gasteiger partial charge in [-0.25, -0.2) is 13.1 Å². The van der Waals surface area contributed by atoms with Crippen molar-refractivity contribution in [3.05, 3.63) is 0 Å². The van der Waals surface area contributed by atoms with E-state index in [4.69, 9.17) is 0 Å². The Morgan fingerprint density at radius 3 is 2.60 bits per heavy atom. The number of hydrogen-bond donors (Lipinski definition) is 3. The summed E-state index contributed by atoms with van der Waals surface area (Å²) < 4.78 is 24.2. The molecular formula is C7H13N3O4S. The second-order valence-electron chi connectivity index (χ2n) is 3.15. The molecule has 0 saturated carbocycles. The fourth-order valence-corrected chi connectivity index (χ4v) is 1.78. The third kappa shape index (κ3) is 3.57. The Morgan fingerprint density at radius 2 is 2.13 bits per heavy atom. The van der Waals surface area contributed by atoms with Crippen LogP contribution in [0.5, 0.6) is 0 Å². The fraction of sp³-hybridized carbons (Fsp3) is 0.714. The Balaban J connectivity index is 2.33. The van der Waals surface area contributed by atoms with Crippen molar-refractivity contribution in [1.29, 1.82) is 0 Å². The zero-order chi connectivity index (χ0) is 11.5. The highest BCUT2D eigenvalue weighted by molar-refractivity contribution is 7.89. The molecule has 0 aromatic carbocycles. The van der Waals surface area contributed by atoms with Gasteiger partial charge in [-0.1, -0.05) is 0 Å². The van der Waals surface area contributed by atoms with Crippen LogP contribution in [0, 0.1) is 0 Å². The molecular weight excluding hydrogens is 222 g/mol. The predicted molar refractivity (Wildman–Crippen MR) is 52.4 cm³/mol. The van der Waals surface area contributed by atoms with Gasteiger partial charge >= 0.3 is 0 Å². The van der Waals surface area contributed by atoms with E-state index in [1.165, 1.54) is 7.05 Å². The number of carbonyl (C=O) groups is 2. The van der Waals surface area contributed by atoms with Gasteiger partial charge < -0.3 is 5.32 Å². The number of hydrogen-bond acceptors (Lipinski definition) is 5. The van der Waals surface area contributed by atoms with Crippen LogP contribution in [0.3, 0.4) is 0 Å². The molecule has 1 atom stereocenters. The van der Waals surface area contributed by atoms with Crippen LogP contribution in [0.2, 0.25) is 0 Å². The van der Waals surface area contributed by atoms with Crippen LogP contribution in [-0.4, -0.2) is 45.6 Å². The molecule has 1 aliphatic heterocycles. The van der Waals surface area contributed by atoms with Gasteiger partial charge in [-0.3, -0.25) is 14.9 Å². The molecule has 1 fully saturated rings. The minimum absolute atomic E-state index is 0.0679. The minimum Gasteiger partial charge on any atom is -0.304 e. The quantitative estimate of drug-likeness (QED) is 0.458. The van der Waals surface area contributed by atoms with Crippen molar-refractivity contribution in [2.24, 2.45) is 0 Å². The highest BCUT2D eigenvalue weighted by atomic mass is 32.2. The standard InChI is InChI=1S/C7H13N3O4S/c1-8-15(13,14)3-2-9-5-4-6(11)10-7(5)12/h5,8-9H,2-4H2,1H3,(H,10,11,12).